The maximum absolute atomic E-state index is 13.1. The molecule has 2 N–H and O–H groups in total. The SMILES string of the molecule is CN=C(NCc1ccsc1)NCc1ccc(F)c(Cl)c1. The summed E-state index contributed by atoms with van der Waals surface area (Å²) < 4.78 is 13.1. The summed E-state index contributed by atoms with van der Waals surface area (Å²) in [5.74, 6) is 0.284. The van der Waals surface area contributed by atoms with Gasteiger partial charge < -0.3 is 10.6 Å². The summed E-state index contributed by atoms with van der Waals surface area (Å²) in [4.78, 5) is 4.13. The Bertz CT molecular complexity index is 584. The largest absolute Gasteiger partial charge is 0.352 e. The number of nitrogens with one attached hydrogen (secondary N) is 2. The quantitative estimate of drug-likeness (QED) is 0.670. The molecular formula is C14H15ClFN3S. The third-order valence-electron chi connectivity index (χ3n) is 2.71. The average Bonchev–Trinajstić information content (AvgIpc) is 2.96. The number of nitrogens with zero attached hydrogens (tertiary/aromatic N) is 1. The van der Waals surface area contributed by atoms with Gasteiger partial charge in [-0.15, -0.1) is 0 Å². The van der Waals surface area contributed by atoms with Crippen LogP contribution in [0.4, 0.5) is 4.39 Å². The molecule has 0 atom stereocenters. The van der Waals surface area contributed by atoms with Gasteiger partial charge in [0.05, 0.1) is 5.02 Å². The van der Waals surface area contributed by atoms with Crippen LogP contribution >= 0.6 is 22.9 Å². The van der Waals surface area contributed by atoms with E-state index < -0.39 is 5.82 Å². The molecule has 0 aliphatic heterocycles. The fourth-order valence-electron chi connectivity index (χ4n) is 1.64. The molecule has 1 aromatic heterocycles. The van der Waals surface area contributed by atoms with Gasteiger partial charge in [0.25, 0.3) is 0 Å². The smallest absolute Gasteiger partial charge is 0.191 e. The summed E-state index contributed by atoms with van der Waals surface area (Å²) in [6.45, 7) is 1.25. The molecule has 20 heavy (non-hydrogen) atoms. The van der Waals surface area contributed by atoms with Crippen molar-refractivity contribution in [1.82, 2.24) is 10.6 Å². The lowest BCUT2D eigenvalue weighted by Gasteiger charge is -2.11. The van der Waals surface area contributed by atoms with Crippen LogP contribution in [-0.4, -0.2) is 13.0 Å². The normalized spacial score (nSPS) is 11.4. The predicted molar refractivity (Wildman–Crippen MR) is 82.8 cm³/mol. The number of hydrogen-bond acceptors (Lipinski definition) is 2. The lowest BCUT2D eigenvalue weighted by molar-refractivity contribution is 0.627. The van der Waals surface area contributed by atoms with E-state index in [1.165, 1.54) is 11.6 Å². The summed E-state index contributed by atoms with van der Waals surface area (Å²) in [6.07, 6.45) is 0. The molecule has 3 nitrogen and oxygen atoms in total. The zero-order chi connectivity index (χ0) is 14.4. The number of guanidine groups is 1. The van der Waals surface area contributed by atoms with Crippen LogP contribution in [0, 0.1) is 5.82 Å². The first-order chi connectivity index (χ1) is 9.69. The molecule has 0 fully saturated rings. The standard InChI is InChI=1S/C14H15ClFN3S/c1-17-14(19-8-11-4-5-20-9-11)18-7-10-2-3-13(16)12(15)6-10/h2-6,9H,7-8H2,1H3,(H2,17,18,19). The van der Waals surface area contributed by atoms with Crippen LogP contribution in [-0.2, 0) is 13.1 Å². The van der Waals surface area contributed by atoms with Gasteiger partial charge >= 0.3 is 0 Å². The van der Waals surface area contributed by atoms with Gasteiger partial charge in [-0.25, -0.2) is 4.39 Å². The molecule has 0 saturated heterocycles. The van der Waals surface area contributed by atoms with Crippen LogP contribution < -0.4 is 10.6 Å². The van der Waals surface area contributed by atoms with Crippen LogP contribution in [0.15, 0.2) is 40.0 Å². The van der Waals surface area contributed by atoms with E-state index in [1.54, 1.807) is 30.5 Å². The molecule has 0 unspecified atom stereocenters. The van der Waals surface area contributed by atoms with Gasteiger partial charge in [-0.1, -0.05) is 17.7 Å². The number of hydrogen-bond donors (Lipinski definition) is 2. The first-order valence-corrected chi connectivity index (χ1v) is 7.40. The Morgan fingerprint density at radius 3 is 2.60 bits per heavy atom. The number of aliphatic imine (C=N–C) groups is 1. The highest BCUT2D eigenvalue weighted by Gasteiger charge is 2.02. The van der Waals surface area contributed by atoms with Crippen molar-refractivity contribution >= 4 is 28.9 Å². The number of benzene rings is 1. The molecule has 2 aromatic rings. The molecule has 106 valence electrons. The fraction of sp³-hybridized carbons (Fsp3) is 0.214. The molecule has 0 aliphatic rings. The predicted octanol–water partition coefficient (Wildman–Crippen LogP) is 3.41. The van der Waals surface area contributed by atoms with Gasteiger partial charge in [-0.3, -0.25) is 4.99 Å². The third kappa shape index (κ3) is 4.21. The van der Waals surface area contributed by atoms with E-state index in [0.29, 0.717) is 19.0 Å². The first kappa shape index (κ1) is 14.8. The van der Waals surface area contributed by atoms with Gasteiger partial charge in [0, 0.05) is 20.1 Å². The van der Waals surface area contributed by atoms with Crippen LogP contribution in [0.2, 0.25) is 5.02 Å². The molecule has 0 bridgehead atoms. The summed E-state index contributed by atoms with van der Waals surface area (Å²) in [5, 5.41) is 10.6. The minimum Gasteiger partial charge on any atom is -0.352 e. The molecule has 1 heterocycles. The molecule has 0 amide bonds. The summed E-state index contributed by atoms with van der Waals surface area (Å²) in [6, 6.07) is 6.72. The Hall–Kier alpha value is -1.59. The molecule has 6 heteroatoms. The van der Waals surface area contributed by atoms with Crippen LogP contribution in [0.5, 0.6) is 0 Å². The van der Waals surface area contributed by atoms with Crippen molar-refractivity contribution in [2.45, 2.75) is 13.1 Å². The Labute approximate surface area is 126 Å². The van der Waals surface area contributed by atoms with E-state index >= 15 is 0 Å². The van der Waals surface area contributed by atoms with E-state index in [9.17, 15) is 4.39 Å². The van der Waals surface area contributed by atoms with Gasteiger partial charge in [0.1, 0.15) is 5.82 Å². The van der Waals surface area contributed by atoms with Crippen molar-refractivity contribution in [3.05, 3.63) is 57.0 Å². The monoisotopic (exact) mass is 311 g/mol. The second-order valence-electron chi connectivity index (χ2n) is 4.16. The summed E-state index contributed by atoms with van der Waals surface area (Å²) >= 11 is 7.41. The lowest BCUT2D eigenvalue weighted by atomic mass is 10.2. The van der Waals surface area contributed by atoms with Crippen molar-refractivity contribution in [3.63, 3.8) is 0 Å². The highest BCUT2D eigenvalue weighted by atomic mass is 35.5. The van der Waals surface area contributed by atoms with E-state index in [1.807, 2.05) is 5.38 Å². The number of rotatable bonds is 4. The molecule has 0 radical (unpaired) electrons. The zero-order valence-electron chi connectivity index (χ0n) is 11.0. The van der Waals surface area contributed by atoms with Gasteiger partial charge in [0.15, 0.2) is 5.96 Å². The third-order valence-corrected chi connectivity index (χ3v) is 3.73. The van der Waals surface area contributed by atoms with Crippen molar-refractivity contribution in [3.8, 4) is 0 Å². The summed E-state index contributed by atoms with van der Waals surface area (Å²) in [5.41, 5.74) is 2.11. The number of halogens is 2. The van der Waals surface area contributed by atoms with E-state index in [0.717, 1.165) is 5.56 Å². The minimum atomic E-state index is -0.407. The number of thiophene rings is 1. The van der Waals surface area contributed by atoms with Gasteiger partial charge in [-0.2, -0.15) is 11.3 Å². The van der Waals surface area contributed by atoms with E-state index in [4.69, 9.17) is 11.6 Å². The summed E-state index contributed by atoms with van der Waals surface area (Å²) in [7, 11) is 1.71. The van der Waals surface area contributed by atoms with E-state index in [2.05, 4.69) is 27.1 Å². The maximum Gasteiger partial charge on any atom is 0.191 e. The van der Waals surface area contributed by atoms with Gasteiger partial charge in [0.2, 0.25) is 0 Å². The highest BCUT2D eigenvalue weighted by Crippen LogP contribution is 2.15. The van der Waals surface area contributed by atoms with Crippen molar-refractivity contribution in [2.24, 2.45) is 4.99 Å². The Morgan fingerprint density at radius 2 is 2.00 bits per heavy atom. The van der Waals surface area contributed by atoms with Crippen LogP contribution in [0.25, 0.3) is 0 Å². The molecule has 1 aromatic carbocycles. The van der Waals surface area contributed by atoms with Crippen molar-refractivity contribution < 1.29 is 4.39 Å². The lowest BCUT2D eigenvalue weighted by Crippen LogP contribution is -2.36. The molecule has 0 spiro atoms. The first-order valence-electron chi connectivity index (χ1n) is 6.08. The molecule has 0 saturated carbocycles. The average molecular weight is 312 g/mol. The molecule has 2 rings (SSSR count). The van der Waals surface area contributed by atoms with Crippen molar-refractivity contribution in [2.75, 3.05) is 7.05 Å². The Balaban J connectivity index is 1.85. The molecule has 0 aliphatic carbocycles. The second kappa shape index (κ2) is 7.26. The van der Waals surface area contributed by atoms with E-state index in [-0.39, 0.29) is 5.02 Å². The van der Waals surface area contributed by atoms with Crippen molar-refractivity contribution in [1.29, 1.82) is 0 Å². The van der Waals surface area contributed by atoms with Gasteiger partial charge in [-0.05, 0) is 40.1 Å². The van der Waals surface area contributed by atoms with Crippen LogP contribution in [0.3, 0.4) is 0 Å². The Morgan fingerprint density at radius 1 is 1.25 bits per heavy atom. The zero-order valence-corrected chi connectivity index (χ0v) is 12.6. The topological polar surface area (TPSA) is 36.4 Å². The maximum atomic E-state index is 13.1. The minimum absolute atomic E-state index is 0.130. The highest BCUT2D eigenvalue weighted by molar-refractivity contribution is 7.07. The Kier molecular flexibility index (Phi) is 5.38. The van der Waals surface area contributed by atoms with Crippen LogP contribution in [0.1, 0.15) is 11.1 Å². The molecular weight excluding hydrogens is 297 g/mol. The fourth-order valence-corrected chi connectivity index (χ4v) is 2.51. The second-order valence-corrected chi connectivity index (χ2v) is 5.35.